The Morgan fingerprint density at radius 2 is 1.85 bits per heavy atom. The molecule has 7 heteroatoms. The molecule has 1 saturated heterocycles. The van der Waals surface area contributed by atoms with E-state index in [9.17, 15) is 9.90 Å². The molecule has 0 spiro atoms. The molecule has 1 aromatic carbocycles. The predicted octanol–water partition coefficient (Wildman–Crippen LogP) is 3.04. The number of ether oxygens (including phenoxy) is 1. The van der Waals surface area contributed by atoms with E-state index < -0.39 is 0 Å². The Hall–Kier alpha value is -3.16. The van der Waals surface area contributed by atoms with Crippen molar-refractivity contribution in [3.05, 3.63) is 87.6 Å². The van der Waals surface area contributed by atoms with Crippen molar-refractivity contribution in [1.82, 2.24) is 19.4 Å². The van der Waals surface area contributed by atoms with E-state index in [1.54, 1.807) is 30.1 Å². The molecule has 7 nitrogen and oxygen atoms in total. The smallest absolute Gasteiger partial charge is 0.259 e. The highest BCUT2D eigenvalue weighted by Crippen LogP contribution is 2.34. The molecule has 3 aromatic rings. The van der Waals surface area contributed by atoms with Crippen LogP contribution in [0.2, 0.25) is 0 Å². The van der Waals surface area contributed by atoms with Crippen LogP contribution >= 0.6 is 0 Å². The third-order valence-electron chi connectivity index (χ3n) is 6.51. The van der Waals surface area contributed by atoms with Crippen LogP contribution in [0.25, 0.3) is 0 Å². The first kappa shape index (κ1) is 23.0. The number of benzene rings is 1. The number of aromatic hydroxyl groups is 1. The van der Waals surface area contributed by atoms with Crippen LogP contribution < -0.4 is 10.3 Å². The number of nitrogens with zero attached hydrogens (tertiary/aromatic N) is 4. The van der Waals surface area contributed by atoms with Crippen LogP contribution in [-0.2, 0) is 6.54 Å². The third-order valence-corrected chi connectivity index (χ3v) is 6.51. The summed E-state index contributed by atoms with van der Waals surface area (Å²) in [5.74, 6) is 0.800. The second-order valence-electron chi connectivity index (χ2n) is 8.48. The molecule has 0 saturated carbocycles. The molecule has 4 rings (SSSR count). The van der Waals surface area contributed by atoms with E-state index in [1.165, 1.54) is 0 Å². The van der Waals surface area contributed by atoms with Gasteiger partial charge in [-0.25, -0.2) is 0 Å². The molecule has 3 heterocycles. The van der Waals surface area contributed by atoms with Crippen LogP contribution in [0.15, 0.2) is 59.7 Å². The highest BCUT2D eigenvalue weighted by atomic mass is 16.5. The van der Waals surface area contributed by atoms with Gasteiger partial charge in [-0.05, 0) is 48.9 Å². The molecule has 0 amide bonds. The van der Waals surface area contributed by atoms with Crippen LogP contribution in [0.5, 0.6) is 11.5 Å². The maximum absolute atomic E-state index is 13.8. The van der Waals surface area contributed by atoms with Crippen LogP contribution in [0.1, 0.15) is 35.3 Å². The summed E-state index contributed by atoms with van der Waals surface area (Å²) in [6, 6.07) is 13.0. The Morgan fingerprint density at radius 3 is 2.45 bits per heavy atom. The average molecular weight is 449 g/mol. The fraction of sp³-hybridized carbons (Fsp3) is 0.385. The molecule has 1 atom stereocenters. The number of rotatable bonds is 7. The molecule has 1 fully saturated rings. The van der Waals surface area contributed by atoms with Crippen LogP contribution in [0.3, 0.4) is 0 Å². The summed E-state index contributed by atoms with van der Waals surface area (Å²) < 4.78 is 7.06. The van der Waals surface area contributed by atoms with Crippen molar-refractivity contribution in [3.8, 4) is 11.5 Å². The summed E-state index contributed by atoms with van der Waals surface area (Å²) in [6.45, 7) is 8.93. The molecule has 2 aromatic heterocycles. The monoisotopic (exact) mass is 448 g/mol. The minimum absolute atomic E-state index is 0.0404. The van der Waals surface area contributed by atoms with Crippen molar-refractivity contribution in [1.29, 1.82) is 0 Å². The number of pyridine rings is 2. The van der Waals surface area contributed by atoms with Crippen molar-refractivity contribution in [2.45, 2.75) is 26.4 Å². The molecular formula is C26H32N4O3. The Labute approximate surface area is 194 Å². The van der Waals surface area contributed by atoms with E-state index in [0.717, 1.165) is 55.3 Å². The maximum Gasteiger partial charge on any atom is 0.259 e. The van der Waals surface area contributed by atoms with Gasteiger partial charge in [-0.15, -0.1) is 0 Å². The molecule has 1 aliphatic rings. The molecule has 33 heavy (non-hydrogen) atoms. The minimum atomic E-state index is -0.344. The largest absolute Gasteiger partial charge is 0.507 e. The normalized spacial score (nSPS) is 16.0. The highest BCUT2D eigenvalue weighted by molar-refractivity contribution is 5.42. The van der Waals surface area contributed by atoms with Gasteiger partial charge in [0, 0.05) is 44.3 Å². The lowest BCUT2D eigenvalue weighted by Crippen LogP contribution is -2.48. The van der Waals surface area contributed by atoms with Gasteiger partial charge in [0.15, 0.2) is 0 Å². The lowest BCUT2D eigenvalue weighted by Gasteiger charge is -2.39. The van der Waals surface area contributed by atoms with Crippen LogP contribution in [0, 0.1) is 6.92 Å². The Bertz CT molecular complexity index is 1120. The van der Waals surface area contributed by atoms with E-state index >= 15 is 0 Å². The van der Waals surface area contributed by atoms with Gasteiger partial charge in [0.1, 0.15) is 11.5 Å². The van der Waals surface area contributed by atoms with Gasteiger partial charge >= 0.3 is 0 Å². The molecule has 0 bridgehead atoms. The van der Waals surface area contributed by atoms with Crippen molar-refractivity contribution >= 4 is 0 Å². The van der Waals surface area contributed by atoms with Gasteiger partial charge in [0.05, 0.1) is 25.3 Å². The summed E-state index contributed by atoms with van der Waals surface area (Å²) in [4.78, 5) is 22.7. The Kier molecular flexibility index (Phi) is 7.11. The molecule has 174 valence electrons. The molecule has 0 radical (unpaired) electrons. The van der Waals surface area contributed by atoms with Gasteiger partial charge < -0.3 is 19.3 Å². The molecule has 0 aliphatic carbocycles. The number of piperazine rings is 1. The summed E-state index contributed by atoms with van der Waals surface area (Å²) in [5, 5.41) is 11.0. The topological polar surface area (TPSA) is 70.8 Å². The lowest BCUT2D eigenvalue weighted by molar-refractivity contribution is 0.111. The summed E-state index contributed by atoms with van der Waals surface area (Å²) >= 11 is 0. The Balaban J connectivity index is 1.80. The molecule has 1 N–H and O–H groups in total. The third kappa shape index (κ3) is 4.94. The van der Waals surface area contributed by atoms with E-state index in [0.29, 0.717) is 12.1 Å². The molecule has 1 aliphatic heterocycles. The van der Waals surface area contributed by atoms with Gasteiger partial charge in [0.25, 0.3) is 5.56 Å². The van der Waals surface area contributed by atoms with Crippen LogP contribution in [-0.4, -0.2) is 64.3 Å². The van der Waals surface area contributed by atoms with Gasteiger partial charge in [-0.3, -0.25) is 14.7 Å². The first-order valence-electron chi connectivity index (χ1n) is 11.4. The zero-order chi connectivity index (χ0) is 23.4. The van der Waals surface area contributed by atoms with E-state index in [1.807, 2.05) is 43.3 Å². The number of aryl methyl sites for hydroxylation is 1. The van der Waals surface area contributed by atoms with E-state index in [-0.39, 0.29) is 17.4 Å². The number of hydrogen-bond acceptors (Lipinski definition) is 6. The molecule has 1 unspecified atom stereocenters. The van der Waals surface area contributed by atoms with Crippen molar-refractivity contribution in [2.24, 2.45) is 0 Å². The van der Waals surface area contributed by atoms with E-state index in [4.69, 9.17) is 4.74 Å². The predicted molar refractivity (Wildman–Crippen MR) is 129 cm³/mol. The van der Waals surface area contributed by atoms with E-state index in [2.05, 4.69) is 21.7 Å². The maximum atomic E-state index is 13.8. The number of likely N-dealkylation sites (N-methyl/N-ethyl adjacent to an activating group) is 1. The zero-order valence-electron chi connectivity index (χ0n) is 19.6. The van der Waals surface area contributed by atoms with Crippen molar-refractivity contribution in [3.63, 3.8) is 0 Å². The zero-order valence-corrected chi connectivity index (χ0v) is 19.6. The second kappa shape index (κ2) is 10.2. The number of aromatic nitrogens is 2. The van der Waals surface area contributed by atoms with Crippen molar-refractivity contribution < 1.29 is 9.84 Å². The van der Waals surface area contributed by atoms with Gasteiger partial charge in [-0.2, -0.15) is 0 Å². The fourth-order valence-electron chi connectivity index (χ4n) is 4.58. The Morgan fingerprint density at radius 1 is 1.12 bits per heavy atom. The summed E-state index contributed by atoms with van der Waals surface area (Å²) in [5.41, 5.74) is 2.87. The number of methoxy groups -OCH3 is 1. The lowest BCUT2D eigenvalue weighted by atomic mass is 9.95. The summed E-state index contributed by atoms with van der Waals surface area (Å²) in [7, 11) is 1.64. The minimum Gasteiger partial charge on any atom is -0.507 e. The average Bonchev–Trinajstić information content (AvgIpc) is 2.85. The fourth-order valence-corrected chi connectivity index (χ4v) is 4.58. The highest BCUT2D eigenvalue weighted by Gasteiger charge is 2.31. The van der Waals surface area contributed by atoms with Crippen LogP contribution in [0.4, 0.5) is 0 Å². The first-order chi connectivity index (χ1) is 16.0. The SMILES string of the molecule is CCN1CCN(C(c2ccc(OC)cc2)c2c(O)cc(C)n(Cc3cccnc3)c2=O)CC1. The number of hydrogen-bond donors (Lipinski definition) is 1. The van der Waals surface area contributed by atoms with Crippen molar-refractivity contribution in [2.75, 3.05) is 39.8 Å². The van der Waals surface area contributed by atoms with Gasteiger partial charge in [-0.1, -0.05) is 25.1 Å². The second-order valence-corrected chi connectivity index (χ2v) is 8.48. The molecular weight excluding hydrogens is 416 g/mol. The standard InChI is InChI=1S/C26H32N4O3/c1-4-28-12-14-29(15-13-28)25(21-7-9-22(33-3)10-8-21)24-23(31)16-19(2)30(26(24)32)18-20-6-5-11-27-17-20/h5-11,16-17,25,31H,4,12-15,18H2,1-3H3. The summed E-state index contributed by atoms with van der Waals surface area (Å²) in [6.07, 6.45) is 3.49. The first-order valence-corrected chi connectivity index (χ1v) is 11.4. The quantitative estimate of drug-likeness (QED) is 0.599. The van der Waals surface area contributed by atoms with Gasteiger partial charge in [0.2, 0.25) is 0 Å².